The summed E-state index contributed by atoms with van der Waals surface area (Å²) in [6.45, 7) is 2.09. The van der Waals surface area contributed by atoms with E-state index in [1.54, 1.807) is 0 Å². The maximum atomic E-state index is 6.28. The van der Waals surface area contributed by atoms with E-state index in [-0.39, 0.29) is 12.1 Å². The topological polar surface area (TPSA) is 35.2 Å². The van der Waals surface area contributed by atoms with Crippen molar-refractivity contribution in [3.8, 4) is 5.75 Å². The van der Waals surface area contributed by atoms with Crippen molar-refractivity contribution in [3.63, 3.8) is 0 Å². The van der Waals surface area contributed by atoms with Crippen LogP contribution >= 0.6 is 0 Å². The van der Waals surface area contributed by atoms with Crippen molar-refractivity contribution in [2.75, 3.05) is 0 Å². The summed E-state index contributed by atoms with van der Waals surface area (Å²) in [5.74, 6) is 0.949. The molecule has 0 fully saturated rings. The lowest BCUT2D eigenvalue weighted by Crippen LogP contribution is -2.31. The Kier molecular flexibility index (Phi) is 3.26. The molecule has 2 heteroatoms. The molecular weight excluding hydrogens is 234 g/mol. The predicted octanol–water partition coefficient (Wildman–Crippen LogP) is 3.39. The summed E-state index contributed by atoms with van der Waals surface area (Å²) in [4.78, 5) is 0. The van der Waals surface area contributed by atoms with Crippen molar-refractivity contribution in [1.29, 1.82) is 0 Å². The van der Waals surface area contributed by atoms with Crippen LogP contribution in [0.3, 0.4) is 0 Å². The molecule has 2 N–H and O–H groups in total. The largest absolute Gasteiger partial charge is 0.490 e. The highest BCUT2D eigenvalue weighted by Gasteiger charge is 2.25. The molecule has 0 bridgehead atoms. The Bertz CT molecular complexity index is 565. The number of aryl methyl sites for hydroxylation is 1. The average molecular weight is 253 g/mol. The zero-order chi connectivity index (χ0) is 13.2. The van der Waals surface area contributed by atoms with E-state index >= 15 is 0 Å². The maximum Gasteiger partial charge on any atom is 0.124 e. The lowest BCUT2D eigenvalue weighted by molar-refractivity contribution is 0.159. The maximum absolute atomic E-state index is 6.28. The van der Waals surface area contributed by atoms with Gasteiger partial charge in [0.2, 0.25) is 0 Å². The molecule has 0 amide bonds. The van der Waals surface area contributed by atoms with Gasteiger partial charge in [0, 0.05) is 24.4 Å². The van der Waals surface area contributed by atoms with Crippen LogP contribution in [0.15, 0.2) is 48.5 Å². The van der Waals surface area contributed by atoms with Crippen LogP contribution in [-0.4, -0.2) is 6.10 Å². The molecule has 0 aromatic heterocycles. The summed E-state index contributed by atoms with van der Waals surface area (Å²) in [5.41, 5.74) is 9.96. The highest BCUT2D eigenvalue weighted by atomic mass is 16.5. The molecule has 0 saturated heterocycles. The molecule has 0 saturated carbocycles. The molecule has 98 valence electrons. The van der Waals surface area contributed by atoms with Crippen molar-refractivity contribution in [2.45, 2.75) is 31.9 Å². The molecule has 1 aliphatic rings. The SMILES string of the molecule is Cc1ccc2c(c1)[C@@H](N)CC(Cc1ccccc1)O2. The third-order valence-electron chi connectivity index (χ3n) is 3.68. The number of ether oxygens (including phenoxy) is 1. The number of nitrogens with two attached hydrogens (primary N) is 1. The molecular formula is C17H19NO. The van der Waals surface area contributed by atoms with Gasteiger partial charge in [-0.3, -0.25) is 0 Å². The van der Waals surface area contributed by atoms with Gasteiger partial charge in [0.25, 0.3) is 0 Å². The number of rotatable bonds is 2. The number of hydrogen-bond acceptors (Lipinski definition) is 2. The van der Waals surface area contributed by atoms with Gasteiger partial charge >= 0.3 is 0 Å². The van der Waals surface area contributed by atoms with Gasteiger partial charge in [-0.15, -0.1) is 0 Å². The average Bonchev–Trinajstić information content (AvgIpc) is 2.41. The van der Waals surface area contributed by atoms with Gasteiger partial charge < -0.3 is 10.5 Å². The van der Waals surface area contributed by atoms with Gasteiger partial charge in [0.05, 0.1) is 0 Å². The third kappa shape index (κ3) is 2.64. The lowest BCUT2D eigenvalue weighted by atomic mass is 9.93. The van der Waals surface area contributed by atoms with Crippen LogP contribution in [0.4, 0.5) is 0 Å². The minimum absolute atomic E-state index is 0.0809. The summed E-state index contributed by atoms with van der Waals surface area (Å²) >= 11 is 0. The Labute approximate surface area is 114 Å². The van der Waals surface area contributed by atoms with Crippen molar-refractivity contribution < 1.29 is 4.74 Å². The lowest BCUT2D eigenvalue weighted by Gasteiger charge is -2.30. The fourth-order valence-corrected chi connectivity index (χ4v) is 2.70. The van der Waals surface area contributed by atoms with Gasteiger partial charge in [0.15, 0.2) is 0 Å². The molecule has 0 aliphatic carbocycles. The molecule has 2 aromatic carbocycles. The molecule has 1 aliphatic heterocycles. The molecule has 2 nitrogen and oxygen atoms in total. The fraction of sp³-hybridized carbons (Fsp3) is 0.294. The second-order valence-corrected chi connectivity index (χ2v) is 5.31. The highest BCUT2D eigenvalue weighted by Crippen LogP contribution is 2.34. The van der Waals surface area contributed by atoms with E-state index < -0.39 is 0 Å². The summed E-state index contributed by atoms with van der Waals surface area (Å²) in [7, 11) is 0. The monoisotopic (exact) mass is 253 g/mol. The van der Waals surface area contributed by atoms with Crippen LogP contribution in [0.1, 0.15) is 29.2 Å². The van der Waals surface area contributed by atoms with E-state index in [2.05, 4.69) is 43.3 Å². The van der Waals surface area contributed by atoms with Crippen LogP contribution in [-0.2, 0) is 6.42 Å². The molecule has 0 spiro atoms. The Morgan fingerprint density at radius 2 is 1.95 bits per heavy atom. The highest BCUT2D eigenvalue weighted by molar-refractivity contribution is 5.40. The van der Waals surface area contributed by atoms with Crippen molar-refractivity contribution >= 4 is 0 Å². The Hall–Kier alpha value is -1.80. The fourth-order valence-electron chi connectivity index (χ4n) is 2.70. The van der Waals surface area contributed by atoms with Gasteiger partial charge in [0.1, 0.15) is 11.9 Å². The van der Waals surface area contributed by atoms with E-state index in [0.29, 0.717) is 0 Å². The van der Waals surface area contributed by atoms with Gasteiger partial charge in [-0.1, -0.05) is 48.0 Å². The first-order valence-electron chi connectivity index (χ1n) is 6.79. The molecule has 1 heterocycles. The van der Waals surface area contributed by atoms with E-state index in [4.69, 9.17) is 10.5 Å². The van der Waals surface area contributed by atoms with Gasteiger partial charge in [-0.05, 0) is 18.6 Å². The minimum atomic E-state index is 0.0809. The molecule has 2 aromatic rings. The first kappa shape index (κ1) is 12.2. The number of hydrogen-bond donors (Lipinski definition) is 1. The first-order chi connectivity index (χ1) is 9.22. The van der Waals surface area contributed by atoms with E-state index in [0.717, 1.165) is 24.2 Å². The smallest absolute Gasteiger partial charge is 0.124 e. The Morgan fingerprint density at radius 1 is 1.16 bits per heavy atom. The molecule has 1 unspecified atom stereocenters. The van der Waals surface area contributed by atoms with Crippen LogP contribution < -0.4 is 10.5 Å². The van der Waals surface area contributed by atoms with Crippen molar-refractivity contribution in [1.82, 2.24) is 0 Å². The van der Waals surface area contributed by atoms with E-state index in [1.165, 1.54) is 11.1 Å². The van der Waals surface area contributed by atoms with Gasteiger partial charge in [-0.2, -0.15) is 0 Å². The van der Waals surface area contributed by atoms with E-state index in [1.807, 2.05) is 12.1 Å². The van der Waals surface area contributed by atoms with Crippen LogP contribution in [0.25, 0.3) is 0 Å². The Morgan fingerprint density at radius 3 is 2.74 bits per heavy atom. The minimum Gasteiger partial charge on any atom is -0.490 e. The molecule has 0 radical (unpaired) electrons. The predicted molar refractivity (Wildman–Crippen MR) is 77.3 cm³/mol. The van der Waals surface area contributed by atoms with Crippen molar-refractivity contribution in [3.05, 3.63) is 65.2 Å². The second-order valence-electron chi connectivity index (χ2n) is 5.31. The van der Waals surface area contributed by atoms with Crippen LogP contribution in [0.2, 0.25) is 0 Å². The molecule has 2 atom stereocenters. The molecule has 19 heavy (non-hydrogen) atoms. The van der Waals surface area contributed by atoms with E-state index in [9.17, 15) is 0 Å². The Balaban J connectivity index is 1.80. The first-order valence-corrected chi connectivity index (χ1v) is 6.79. The quantitative estimate of drug-likeness (QED) is 0.890. The zero-order valence-corrected chi connectivity index (χ0v) is 11.2. The normalized spacial score (nSPS) is 21.6. The second kappa shape index (κ2) is 5.06. The number of benzene rings is 2. The third-order valence-corrected chi connectivity index (χ3v) is 3.68. The summed E-state index contributed by atoms with van der Waals surface area (Å²) < 4.78 is 6.08. The molecule has 3 rings (SSSR count). The van der Waals surface area contributed by atoms with Crippen molar-refractivity contribution in [2.24, 2.45) is 5.73 Å². The van der Waals surface area contributed by atoms with Crippen LogP contribution in [0, 0.1) is 6.92 Å². The summed E-state index contributed by atoms with van der Waals surface area (Å²) in [6, 6.07) is 16.8. The summed E-state index contributed by atoms with van der Waals surface area (Å²) in [6.07, 6.45) is 1.97. The zero-order valence-electron chi connectivity index (χ0n) is 11.2. The van der Waals surface area contributed by atoms with Crippen LogP contribution in [0.5, 0.6) is 5.75 Å². The number of fused-ring (bicyclic) bond motifs is 1. The summed E-state index contributed by atoms with van der Waals surface area (Å²) in [5, 5.41) is 0. The standard InChI is InChI=1S/C17H19NO/c1-12-7-8-17-15(9-12)16(18)11-14(19-17)10-13-5-3-2-4-6-13/h2-9,14,16H,10-11,18H2,1H3/t14?,16-/m0/s1. The van der Waals surface area contributed by atoms with Gasteiger partial charge in [-0.25, -0.2) is 0 Å².